The van der Waals surface area contributed by atoms with Crippen molar-refractivity contribution in [1.29, 1.82) is 0 Å². The molecule has 0 bridgehead atoms. The Hall–Kier alpha value is -2.05. The average Bonchev–Trinajstić information content (AvgIpc) is 3.20. The maximum Gasteiger partial charge on any atom is 0.225 e. The van der Waals surface area contributed by atoms with Crippen molar-refractivity contribution < 1.29 is 4.74 Å². The van der Waals surface area contributed by atoms with E-state index in [1.165, 1.54) is 6.42 Å². The summed E-state index contributed by atoms with van der Waals surface area (Å²) in [7, 11) is 2.21. The van der Waals surface area contributed by atoms with Gasteiger partial charge >= 0.3 is 0 Å². The van der Waals surface area contributed by atoms with E-state index in [4.69, 9.17) is 4.74 Å². The van der Waals surface area contributed by atoms with Gasteiger partial charge in [-0.2, -0.15) is 0 Å². The van der Waals surface area contributed by atoms with Crippen LogP contribution in [0.1, 0.15) is 12.1 Å². The number of aromatic nitrogens is 3. The molecule has 6 heteroatoms. The van der Waals surface area contributed by atoms with Gasteiger partial charge in [-0.05, 0) is 31.7 Å². The molecule has 0 N–H and O–H groups in total. The van der Waals surface area contributed by atoms with Crippen LogP contribution in [0.15, 0.2) is 42.9 Å². The summed E-state index contributed by atoms with van der Waals surface area (Å²) in [6, 6.07) is 7.82. The van der Waals surface area contributed by atoms with Gasteiger partial charge in [0.25, 0.3) is 0 Å². The molecule has 2 aromatic rings. The largest absolute Gasteiger partial charge is 0.375 e. The summed E-state index contributed by atoms with van der Waals surface area (Å²) < 4.78 is 6.04. The molecule has 2 atom stereocenters. The Morgan fingerprint density at radius 3 is 2.76 bits per heavy atom. The minimum atomic E-state index is 0.276. The highest BCUT2D eigenvalue weighted by Gasteiger charge is 2.49. The molecule has 2 aliphatic heterocycles. The van der Waals surface area contributed by atoms with Gasteiger partial charge in [-0.15, -0.1) is 0 Å². The summed E-state index contributed by atoms with van der Waals surface area (Å²) >= 11 is 0. The van der Waals surface area contributed by atoms with Gasteiger partial charge in [0.2, 0.25) is 5.95 Å². The van der Waals surface area contributed by atoms with Crippen LogP contribution in [0.2, 0.25) is 0 Å². The third-order valence-corrected chi connectivity index (χ3v) is 5.50. The van der Waals surface area contributed by atoms with E-state index in [9.17, 15) is 0 Å². The van der Waals surface area contributed by atoms with Crippen molar-refractivity contribution in [2.75, 3.05) is 44.7 Å². The highest BCUT2D eigenvalue weighted by Crippen LogP contribution is 2.44. The molecule has 6 nitrogen and oxygen atoms in total. The van der Waals surface area contributed by atoms with E-state index in [1.54, 1.807) is 0 Å². The van der Waals surface area contributed by atoms with E-state index < -0.39 is 0 Å². The Kier molecular flexibility index (Phi) is 4.63. The number of hydrogen-bond donors (Lipinski definition) is 0. The zero-order valence-corrected chi connectivity index (χ0v) is 14.7. The number of likely N-dealkylation sites (tertiary alicyclic amines) is 1. The molecular formula is C19H25N5O. The highest BCUT2D eigenvalue weighted by atomic mass is 16.5. The van der Waals surface area contributed by atoms with Crippen LogP contribution in [-0.2, 0) is 11.3 Å². The van der Waals surface area contributed by atoms with E-state index in [2.05, 4.69) is 31.8 Å². The number of hydrogen-bond acceptors (Lipinski definition) is 6. The fourth-order valence-electron chi connectivity index (χ4n) is 4.30. The molecule has 2 aromatic heterocycles. The van der Waals surface area contributed by atoms with E-state index in [-0.39, 0.29) is 5.41 Å². The summed E-state index contributed by atoms with van der Waals surface area (Å²) in [5.41, 5.74) is 1.27. The van der Waals surface area contributed by atoms with Crippen molar-refractivity contribution in [3.63, 3.8) is 0 Å². The standard InChI is InChI=1S/C19H25N5O/c1-23-11-16(12-25-13-17-5-2-3-7-20-17)19(14-23)6-10-24(15-19)18-21-8-4-9-22-18/h2-5,7-9,16H,6,10-15H2,1H3/t16-,19+/m1/s1. The van der Waals surface area contributed by atoms with Crippen LogP contribution in [0.4, 0.5) is 5.95 Å². The molecule has 0 saturated carbocycles. The topological polar surface area (TPSA) is 54.4 Å². The molecule has 0 unspecified atom stereocenters. The number of ether oxygens (including phenoxy) is 1. The number of anilines is 1. The zero-order valence-electron chi connectivity index (χ0n) is 14.7. The Bertz CT molecular complexity index is 683. The second-order valence-corrected chi connectivity index (χ2v) is 7.31. The monoisotopic (exact) mass is 339 g/mol. The van der Waals surface area contributed by atoms with Gasteiger partial charge in [0.05, 0.1) is 18.9 Å². The van der Waals surface area contributed by atoms with Crippen LogP contribution >= 0.6 is 0 Å². The molecule has 4 rings (SSSR count). The molecule has 0 radical (unpaired) electrons. The lowest BCUT2D eigenvalue weighted by Crippen LogP contribution is -2.36. The summed E-state index contributed by atoms with van der Waals surface area (Å²) in [4.78, 5) is 17.9. The van der Waals surface area contributed by atoms with Crippen molar-refractivity contribution in [1.82, 2.24) is 19.9 Å². The van der Waals surface area contributed by atoms with Crippen LogP contribution < -0.4 is 4.90 Å². The zero-order chi connectivity index (χ0) is 17.1. The normalized spacial score (nSPS) is 26.6. The predicted octanol–water partition coefficient (Wildman–Crippen LogP) is 1.85. The Balaban J connectivity index is 1.40. The smallest absolute Gasteiger partial charge is 0.225 e. The summed E-state index contributed by atoms with van der Waals surface area (Å²) in [6.07, 6.45) is 6.63. The average molecular weight is 339 g/mol. The van der Waals surface area contributed by atoms with Crippen LogP contribution in [0.5, 0.6) is 0 Å². The van der Waals surface area contributed by atoms with Crippen LogP contribution in [-0.4, -0.2) is 59.7 Å². The maximum absolute atomic E-state index is 6.04. The lowest BCUT2D eigenvalue weighted by molar-refractivity contribution is 0.0545. The summed E-state index contributed by atoms with van der Waals surface area (Å²) in [5.74, 6) is 1.39. The van der Waals surface area contributed by atoms with E-state index in [1.807, 2.05) is 42.9 Å². The second kappa shape index (κ2) is 7.06. The summed E-state index contributed by atoms with van der Waals surface area (Å²) in [5, 5.41) is 0. The molecule has 2 saturated heterocycles. The fraction of sp³-hybridized carbons (Fsp3) is 0.526. The van der Waals surface area contributed by atoms with Gasteiger partial charge in [-0.3, -0.25) is 4.98 Å². The lowest BCUT2D eigenvalue weighted by Gasteiger charge is -2.30. The quantitative estimate of drug-likeness (QED) is 0.829. The van der Waals surface area contributed by atoms with Gasteiger partial charge < -0.3 is 14.5 Å². The SMILES string of the molecule is CN1C[C@H](COCc2ccccn2)[C@@]2(CCN(c3ncccn3)C2)C1. The van der Waals surface area contributed by atoms with Crippen molar-refractivity contribution in [3.8, 4) is 0 Å². The van der Waals surface area contributed by atoms with Gasteiger partial charge in [0.1, 0.15) is 0 Å². The number of nitrogens with zero attached hydrogens (tertiary/aromatic N) is 5. The molecule has 1 spiro atoms. The van der Waals surface area contributed by atoms with Crippen LogP contribution in [0.3, 0.4) is 0 Å². The lowest BCUT2D eigenvalue weighted by atomic mass is 9.77. The second-order valence-electron chi connectivity index (χ2n) is 7.31. The van der Waals surface area contributed by atoms with Gasteiger partial charge in [0, 0.05) is 56.1 Å². The van der Waals surface area contributed by atoms with Crippen molar-refractivity contribution in [2.45, 2.75) is 13.0 Å². The fourth-order valence-corrected chi connectivity index (χ4v) is 4.30. The molecule has 2 fully saturated rings. The number of pyridine rings is 1. The molecule has 0 aliphatic carbocycles. The van der Waals surface area contributed by atoms with Gasteiger partial charge in [0.15, 0.2) is 0 Å². The van der Waals surface area contributed by atoms with E-state index in [0.29, 0.717) is 12.5 Å². The molecule has 132 valence electrons. The molecule has 0 aromatic carbocycles. The third kappa shape index (κ3) is 3.50. The first-order chi connectivity index (χ1) is 12.3. The molecular weight excluding hydrogens is 314 g/mol. The van der Waals surface area contributed by atoms with Crippen molar-refractivity contribution in [3.05, 3.63) is 48.5 Å². The predicted molar refractivity (Wildman–Crippen MR) is 96.2 cm³/mol. The van der Waals surface area contributed by atoms with Crippen molar-refractivity contribution >= 4 is 5.95 Å². The van der Waals surface area contributed by atoms with Crippen LogP contribution in [0, 0.1) is 11.3 Å². The van der Waals surface area contributed by atoms with Crippen molar-refractivity contribution in [2.24, 2.45) is 11.3 Å². The third-order valence-electron chi connectivity index (χ3n) is 5.50. The molecule has 2 aliphatic rings. The van der Waals surface area contributed by atoms with E-state index >= 15 is 0 Å². The van der Waals surface area contributed by atoms with Gasteiger partial charge in [-0.25, -0.2) is 9.97 Å². The minimum Gasteiger partial charge on any atom is -0.375 e. The molecule has 0 amide bonds. The Morgan fingerprint density at radius 2 is 1.96 bits per heavy atom. The molecule has 4 heterocycles. The Labute approximate surface area is 148 Å². The van der Waals surface area contributed by atoms with Gasteiger partial charge in [-0.1, -0.05) is 6.07 Å². The first-order valence-electron chi connectivity index (χ1n) is 8.93. The molecule has 25 heavy (non-hydrogen) atoms. The Morgan fingerprint density at radius 1 is 1.12 bits per heavy atom. The van der Waals surface area contributed by atoms with Crippen LogP contribution in [0.25, 0.3) is 0 Å². The first-order valence-corrected chi connectivity index (χ1v) is 8.93. The minimum absolute atomic E-state index is 0.276. The van der Waals surface area contributed by atoms with E-state index in [0.717, 1.165) is 44.4 Å². The maximum atomic E-state index is 6.04. The summed E-state index contributed by atoms with van der Waals surface area (Å²) in [6.45, 7) is 5.61. The highest BCUT2D eigenvalue weighted by molar-refractivity contribution is 5.32. The number of rotatable bonds is 5. The first kappa shape index (κ1) is 16.4.